The first-order chi connectivity index (χ1) is 8.15. The van der Waals surface area contributed by atoms with Gasteiger partial charge in [-0.1, -0.05) is 6.92 Å². The number of hydrogen-bond donors (Lipinski definition) is 1. The summed E-state index contributed by atoms with van der Waals surface area (Å²) in [6, 6.07) is 0. The second-order valence-corrected chi connectivity index (χ2v) is 4.36. The highest BCUT2D eigenvalue weighted by atomic mass is 16.5. The number of piperidine rings is 1. The maximum absolute atomic E-state index is 11.7. The van der Waals surface area contributed by atoms with Crippen molar-refractivity contribution >= 4 is 11.9 Å². The molecule has 1 heterocycles. The van der Waals surface area contributed by atoms with Gasteiger partial charge in [0, 0.05) is 19.7 Å². The Labute approximate surface area is 102 Å². The van der Waals surface area contributed by atoms with Gasteiger partial charge in [-0.2, -0.15) is 0 Å². The lowest BCUT2D eigenvalue weighted by atomic mass is 9.97. The highest BCUT2D eigenvalue weighted by molar-refractivity contribution is 5.77. The Hall–Kier alpha value is -1.10. The molecule has 5 nitrogen and oxygen atoms in total. The van der Waals surface area contributed by atoms with Crippen molar-refractivity contribution in [1.82, 2.24) is 4.90 Å². The predicted octanol–water partition coefficient (Wildman–Crippen LogP) is 1.13. The van der Waals surface area contributed by atoms with Crippen LogP contribution in [0.2, 0.25) is 0 Å². The molecular weight excluding hydrogens is 222 g/mol. The zero-order valence-corrected chi connectivity index (χ0v) is 10.4. The smallest absolute Gasteiger partial charge is 0.306 e. The summed E-state index contributed by atoms with van der Waals surface area (Å²) in [5.41, 5.74) is 0. The van der Waals surface area contributed by atoms with Crippen molar-refractivity contribution in [1.29, 1.82) is 0 Å². The van der Waals surface area contributed by atoms with E-state index in [1.165, 1.54) is 0 Å². The van der Waals surface area contributed by atoms with Crippen molar-refractivity contribution in [2.45, 2.75) is 32.6 Å². The van der Waals surface area contributed by atoms with Gasteiger partial charge in [0.15, 0.2) is 0 Å². The summed E-state index contributed by atoms with van der Waals surface area (Å²) in [6.07, 6.45) is 2.49. The average molecular weight is 243 g/mol. The fraction of sp³-hybridized carbons (Fsp3) is 0.833. The molecule has 0 spiro atoms. The molecule has 0 aromatic rings. The molecule has 0 radical (unpaired) electrons. The third-order valence-corrected chi connectivity index (χ3v) is 3.01. The highest BCUT2D eigenvalue weighted by Crippen LogP contribution is 2.17. The van der Waals surface area contributed by atoms with Gasteiger partial charge in [-0.05, 0) is 19.3 Å². The SMILES string of the molecule is CCCOCCC(=O)N1CCC(C(=O)O)CC1. The van der Waals surface area contributed by atoms with E-state index in [0.29, 0.717) is 45.6 Å². The van der Waals surface area contributed by atoms with Crippen molar-refractivity contribution in [3.8, 4) is 0 Å². The lowest BCUT2D eigenvalue weighted by Gasteiger charge is -2.30. The van der Waals surface area contributed by atoms with Crippen LogP contribution in [0, 0.1) is 5.92 Å². The number of ether oxygens (including phenoxy) is 1. The fourth-order valence-corrected chi connectivity index (χ4v) is 1.94. The molecule has 0 saturated carbocycles. The molecule has 0 aromatic heterocycles. The van der Waals surface area contributed by atoms with Crippen LogP contribution in [0.5, 0.6) is 0 Å². The lowest BCUT2D eigenvalue weighted by molar-refractivity contribution is -0.146. The van der Waals surface area contributed by atoms with E-state index < -0.39 is 5.97 Å². The summed E-state index contributed by atoms with van der Waals surface area (Å²) >= 11 is 0. The van der Waals surface area contributed by atoms with Gasteiger partial charge in [0.05, 0.1) is 18.9 Å². The van der Waals surface area contributed by atoms with E-state index in [0.717, 1.165) is 6.42 Å². The standard InChI is InChI=1S/C12H21NO4/c1-2-8-17-9-5-11(14)13-6-3-10(4-7-13)12(15)16/h10H,2-9H2,1H3,(H,15,16). The maximum atomic E-state index is 11.7. The first-order valence-corrected chi connectivity index (χ1v) is 6.23. The van der Waals surface area contributed by atoms with Gasteiger partial charge in [0.1, 0.15) is 0 Å². The van der Waals surface area contributed by atoms with E-state index in [2.05, 4.69) is 0 Å². The molecule has 17 heavy (non-hydrogen) atoms. The Morgan fingerprint density at radius 3 is 2.47 bits per heavy atom. The van der Waals surface area contributed by atoms with Gasteiger partial charge in [-0.15, -0.1) is 0 Å². The number of rotatable bonds is 6. The van der Waals surface area contributed by atoms with E-state index in [1.807, 2.05) is 6.92 Å². The molecule has 1 fully saturated rings. The number of carbonyl (C=O) groups is 2. The third-order valence-electron chi connectivity index (χ3n) is 3.01. The number of nitrogens with zero attached hydrogens (tertiary/aromatic N) is 1. The second kappa shape index (κ2) is 7.27. The summed E-state index contributed by atoms with van der Waals surface area (Å²) in [6.45, 7) is 4.30. The van der Waals surface area contributed by atoms with Gasteiger partial charge in [-0.25, -0.2) is 0 Å². The Bertz CT molecular complexity index is 259. The molecule has 1 amide bonds. The Kier molecular flexibility index (Phi) is 5.97. The van der Waals surface area contributed by atoms with Crippen LogP contribution >= 0.6 is 0 Å². The van der Waals surface area contributed by atoms with Crippen molar-refractivity contribution in [3.05, 3.63) is 0 Å². The van der Waals surface area contributed by atoms with Crippen molar-refractivity contribution in [2.75, 3.05) is 26.3 Å². The minimum Gasteiger partial charge on any atom is -0.481 e. The summed E-state index contributed by atoms with van der Waals surface area (Å²) in [7, 11) is 0. The quantitative estimate of drug-likeness (QED) is 0.710. The molecule has 5 heteroatoms. The molecule has 0 atom stereocenters. The van der Waals surface area contributed by atoms with Crippen LogP contribution in [0.1, 0.15) is 32.6 Å². The minimum absolute atomic E-state index is 0.0740. The Morgan fingerprint density at radius 2 is 1.94 bits per heavy atom. The van der Waals surface area contributed by atoms with E-state index in [1.54, 1.807) is 4.90 Å². The molecule has 0 bridgehead atoms. The average Bonchev–Trinajstić information content (AvgIpc) is 2.34. The molecule has 0 aliphatic carbocycles. The number of aliphatic carboxylic acids is 1. The minimum atomic E-state index is -0.747. The lowest BCUT2D eigenvalue weighted by Crippen LogP contribution is -2.40. The molecule has 98 valence electrons. The molecule has 0 unspecified atom stereocenters. The number of hydrogen-bond acceptors (Lipinski definition) is 3. The summed E-state index contributed by atoms with van der Waals surface area (Å²) in [5, 5.41) is 8.84. The second-order valence-electron chi connectivity index (χ2n) is 4.36. The van der Waals surface area contributed by atoms with Gasteiger partial charge in [0.2, 0.25) is 5.91 Å². The van der Waals surface area contributed by atoms with Crippen LogP contribution in [0.4, 0.5) is 0 Å². The normalized spacial score (nSPS) is 17.1. The summed E-state index contributed by atoms with van der Waals surface area (Å²) in [4.78, 5) is 24.2. The van der Waals surface area contributed by atoms with Crippen LogP contribution in [0.3, 0.4) is 0 Å². The molecular formula is C12H21NO4. The Morgan fingerprint density at radius 1 is 1.29 bits per heavy atom. The van der Waals surface area contributed by atoms with E-state index in [9.17, 15) is 9.59 Å². The molecule has 1 N–H and O–H groups in total. The first-order valence-electron chi connectivity index (χ1n) is 6.23. The predicted molar refractivity (Wildman–Crippen MR) is 62.7 cm³/mol. The Balaban J connectivity index is 2.19. The largest absolute Gasteiger partial charge is 0.481 e. The van der Waals surface area contributed by atoms with Crippen LogP contribution in [0.15, 0.2) is 0 Å². The number of carboxylic acids is 1. The first kappa shape index (κ1) is 14.0. The number of carbonyl (C=O) groups excluding carboxylic acids is 1. The summed E-state index contributed by atoms with van der Waals surface area (Å²) in [5.74, 6) is -0.955. The van der Waals surface area contributed by atoms with Crippen LogP contribution in [-0.4, -0.2) is 48.2 Å². The van der Waals surface area contributed by atoms with Gasteiger partial charge >= 0.3 is 5.97 Å². The fourth-order valence-electron chi connectivity index (χ4n) is 1.94. The van der Waals surface area contributed by atoms with E-state index >= 15 is 0 Å². The zero-order chi connectivity index (χ0) is 12.7. The van der Waals surface area contributed by atoms with E-state index in [-0.39, 0.29) is 11.8 Å². The molecule has 1 aliphatic rings. The van der Waals surface area contributed by atoms with Crippen molar-refractivity contribution in [3.63, 3.8) is 0 Å². The van der Waals surface area contributed by atoms with Crippen molar-refractivity contribution in [2.24, 2.45) is 5.92 Å². The number of carboxylic acid groups (broad SMARTS) is 1. The van der Waals surface area contributed by atoms with Gasteiger partial charge in [0.25, 0.3) is 0 Å². The monoisotopic (exact) mass is 243 g/mol. The highest BCUT2D eigenvalue weighted by Gasteiger charge is 2.26. The van der Waals surface area contributed by atoms with E-state index in [4.69, 9.17) is 9.84 Å². The number of likely N-dealkylation sites (tertiary alicyclic amines) is 1. The summed E-state index contributed by atoms with van der Waals surface area (Å²) < 4.78 is 5.26. The van der Waals surface area contributed by atoms with Gasteiger partial charge in [-0.3, -0.25) is 9.59 Å². The van der Waals surface area contributed by atoms with Crippen LogP contribution in [-0.2, 0) is 14.3 Å². The van der Waals surface area contributed by atoms with Crippen LogP contribution in [0.25, 0.3) is 0 Å². The maximum Gasteiger partial charge on any atom is 0.306 e. The molecule has 0 aromatic carbocycles. The molecule has 1 saturated heterocycles. The topological polar surface area (TPSA) is 66.8 Å². The van der Waals surface area contributed by atoms with Gasteiger partial charge < -0.3 is 14.7 Å². The zero-order valence-electron chi connectivity index (χ0n) is 10.4. The molecule has 1 rings (SSSR count). The molecule has 1 aliphatic heterocycles. The number of amides is 1. The third kappa shape index (κ3) is 4.73. The van der Waals surface area contributed by atoms with Crippen LogP contribution < -0.4 is 0 Å². The van der Waals surface area contributed by atoms with Crippen molar-refractivity contribution < 1.29 is 19.4 Å².